The molecule has 0 N–H and O–H groups in total. The Hall–Kier alpha value is -1.99. The second-order valence-corrected chi connectivity index (χ2v) is 6.85. The van der Waals surface area contributed by atoms with Crippen molar-refractivity contribution in [2.45, 2.75) is 45.0 Å². The maximum Gasteiger partial charge on any atom is 0.246 e. The fourth-order valence-electron chi connectivity index (χ4n) is 3.39. The number of Topliss-reactive ketones (excluding diaryl/α,β-unsaturated/α-hetero) is 1. The van der Waals surface area contributed by atoms with E-state index in [1.807, 2.05) is 10.6 Å². The summed E-state index contributed by atoms with van der Waals surface area (Å²) in [6, 6.07) is 0.539. The highest BCUT2D eigenvalue weighted by Gasteiger charge is 2.31. The van der Waals surface area contributed by atoms with E-state index in [0.717, 1.165) is 25.2 Å². The van der Waals surface area contributed by atoms with Crippen LogP contribution >= 0.6 is 0 Å². The number of ketones is 1. The van der Waals surface area contributed by atoms with Gasteiger partial charge in [0.25, 0.3) is 0 Å². The number of fused-ring (bicyclic) bond motifs is 1. The lowest BCUT2D eigenvalue weighted by Gasteiger charge is -2.39. The number of ether oxygens (including phenoxy) is 1. The minimum absolute atomic E-state index is 0.00426. The number of hydrogen-bond acceptors (Lipinski definition) is 5. The molecule has 7 nitrogen and oxygen atoms in total. The number of hydrogen-bond donors (Lipinski definition) is 0. The zero-order chi connectivity index (χ0) is 18.0. The van der Waals surface area contributed by atoms with Gasteiger partial charge in [-0.05, 0) is 19.9 Å². The monoisotopic (exact) mass is 346 g/mol. The average Bonchev–Trinajstić information content (AvgIpc) is 2.97. The van der Waals surface area contributed by atoms with Crippen molar-refractivity contribution in [3.63, 3.8) is 0 Å². The van der Waals surface area contributed by atoms with Crippen LogP contribution in [0.15, 0.2) is 18.3 Å². The van der Waals surface area contributed by atoms with Crippen LogP contribution in [0.4, 0.5) is 0 Å². The van der Waals surface area contributed by atoms with Gasteiger partial charge in [0.15, 0.2) is 5.78 Å². The molecule has 7 heteroatoms. The van der Waals surface area contributed by atoms with Crippen molar-refractivity contribution in [2.24, 2.45) is 0 Å². The first-order valence-corrected chi connectivity index (χ1v) is 8.73. The van der Waals surface area contributed by atoms with Gasteiger partial charge >= 0.3 is 0 Å². The molecular formula is C18H26N4O3. The van der Waals surface area contributed by atoms with Crippen molar-refractivity contribution in [1.29, 1.82) is 0 Å². The van der Waals surface area contributed by atoms with Crippen molar-refractivity contribution < 1.29 is 14.3 Å². The maximum atomic E-state index is 12.4. The normalized spacial score (nSPS) is 23.0. The SMILES string of the molecule is COC1CC(N(C)C/C=C/C(=O)N2CCn3c(C(C)=O)cnc3C2)C1. The molecule has 25 heavy (non-hydrogen) atoms. The van der Waals surface area contributed by atoms with Crippen LogP contribution in [-0.4, -0.2) is 70.4 Å². The third-order valence-corrected chi connectivity index (χ3v) is 5.22. The van der Waals surface area contributed by atoms with E-state index in [2.05, 4.69) is 16.9 Å². The van der Waals surface area contributed by atoms with Crippen LogP contribution in [0, 0.1) is 0 Å². The molecule has 0 unspecified atom stereocenters. The maximum absolute atomic E-state index is 12.4. The second kappa shape index (κ2) is 7.49. The number of rotatable bonds is 6. The Bertz CT molecular complexity index is 676. The van der Waals surface area contributed by atoms with Crippen LogP contribution in [-0.2, 0) is 22.6 Å². The Balaban J connectivity index is 1.49. The van der Waals surface area contributed by atoms with E-state index in [1.54, 1.807) is 24.3 Å². The van der Waals surface area contributed by atoms with Gasteiger partial charge in [-0.15, -0.1) is 0 Å². The summed E-state index contributed by atoms with van der Waals surface area (Å²) in [5, 5.41) is 0. The summed E-state index contributed by atoms with van der Waals surface area (Å²) < 4.78 is 7.21. The lowest BCUT2D eigenvalue weighted by atomic mass is 9.88. The second-order valence-electron chi connectivity index (χ2n) is 6.85. The Morgan fingerprint density at radius 3 is 2.84 bits per heavy atom. The fourth-order valence-corrected chi connectivity index (χ4v) is 3.39. The standard InChI is InChI=1S/C18H26N4O3/c1-13(23)16-11-19-17-12-21(7-8-22(16)17)18(24)5-4-6-20(2)14-9-15(10-14)25-3/h4-5,11,14-15H,6-10,12H2,1-3H3/b5-4+. The van der Waals surface area contributed by atoms with Gasteiger partial charge in [0.05, 0.1) is 18.8 Å². The van der Waals surface area contributed by atoms with Crippen LogP contribution in [0.2, 0.25) is 0 Å². The summed E-state index contributed by atoms with van der Waals surface area (Å²) in [5.74, 6) is 0.777. The first kappa shape index (κ1) is 17.8. The molecular weight excluding hydrogens is 320 g/mol. The molecule has 2 heterocycles. The molecule has 1 saturated carbocycles. The zero-order valence-corrected chi connectivity index (χ0v) is 15.1. The molecule has 0 spiro atoms. The highest BCUT2D eigenvalue weighted by Crippen LogP contribution is 2.26. The minimum Gasteiger partial charge on any atom is -0.381 e. The molecule has 1 amide bonds. The molecule has 1 aliphatic carbocycles. The molecule has 1 fully saturated rings. The first-order valence-electron chi connectivity index (χ1n) is 8.73. The van der Waals surface area contributed by atoms with Crippen molar-refractivity contribution in [1.82, 2.24) is 19.4 Å². The molecule has 0 aromatic carbocycles. The van der Waals surface area contributed by atoms with Gasteiger partial charge in [-0.1, -0.05) is 6.08 Å². The number of carbonyl (C=O) groups excluding carboxylic acids is 2. The number of nitrogens with zero attached hydrogens (tertiary/aromatic N) is 4. The van der Waals surface area contributed by atoms with Crippen LogP contribution in [0.25, 0.3) is 0 Å². The largest absolute Gasteiger partial charge is 0.381 e. The molecule has 1 aliphatic heterocycles. The molecule has 0 radical (unpaired) electrons. The number of amides is 1. The predicted octanol–water partition coefficient (Wildman–Crippen LogP) is 1.09. The molecule has 0 saturated heterocycles. The van der Waals surface area contributed by atoms with Gasteiger partial charge in [0.2, 0.25) is 5.91 Å². The molecule has 1 aromatic rings. The zero-order valence-electron chi connectivity index (χ0n) is 15.1. The smallest absolute Gasteiger partial charge is 0.246 e. The van der Waals surface area contributed by atoms with Gasteiger partial charge < -0.3 is 14.2 Å². The van der Waals surface area contributed by atoms with Crippen LogP contribution in [0.5, 0.6) is 0 Å². The van der Waals surface area contributed by atoms with E-state index in [0.29, 0.717) is 37.5 Å². The molecule has 0 bridgehead atoms. The Kier molecular flexibility index (Phi) is 5.34. The number of carbonyl (C=O) groups is 2. The molecule has 0 atom stereocenters. The highest BCUT2D eigenvalue weighted by molar-refractivity contribution is 5.92. The fraction of sp³-hybridized carbons (Fsp3) is 0.611. The lowest BCUT2D eigenvalue weighted by molar-refractivity contribution is -0.127. The van der Waals surface area contributed by atoms with E-state index in [4.69, 9.17) is 4.74 Å². The summed E-state index contributed by atoms with van der Waals surface area (Å²) in [7, 11) is 3.83. The minimum atomic E-state index is -0.00426. The third kappa shape index (κ3) is 3.82. The van der Waals surface area contributed by atoms with Crippen molar-refractivity contribution in [3.8, 4) is 0 Å². The summed E-state index contributed by atoms with van der Waals surface area (Å²) in [4.78, 5) is 32.2. The summed E-state index contributed by atoms with van der Waals surface area (Å²) >= 11 is 0. The lowest BCUT2D eigenvalue weighted by Crippen LogP contribution is -2.46. The topological polar surface area (TPSA) is 67.7 Å². The van der Waals surface area contributed by atoms with Crippen molar-refractivity contribution >= 4 is 11.7 Å². The number of methoxy groups -OCH3 is 1. The van der Waals surface area contributed by atoms with Gasteiger partial charge in [-0.25, -0.2) is 4.98 Å². The molecule has 2 aliphatic rings. The summed E-state index contributed by atoms with van der Waals surface area (Å²) in [6.45, 7) is 3.96. The number of likely N-dealkylation sites (N-methyl/N-ethyl adjacent to an activating group) is 1. The van der Waals surface area contributed by atoms with Gasteiger partial charge in [0, 0.05) is 45.8 Å². The van der Waals surface area contributed by atoms with E-state index in [-0.39, 0.29) is 11.7 Å². The van der Waals surface area contributed by atoms with Gasteiger partial charge in [-0.2, -0.15) is 0 Å². The van der Waals surface area contributed by atoms with Crippen molar-refractivity contribution in [3.05, 3.63) is 29.9 Å². The molecule has 3 rings (SSSR count). The molecule has 136 valence electrons. The van der Waals surface area contributed by atoms with E-state index in [9.17, 15) is 9.59 Å². The van der Waals surface area contributed by atoms with Crippen LogP contribution < -0.4 is 0 Å². The number of aromatic nitrogens is 2. The Morgan fingerprint density at radius 1 is 1.40 bits per heavy atom. The number of imidazole rings is 1. The summed E-state index contributed by atoms with van der Waals surface area (Å²) in [6.07, 6.45) is 7.67. The Morgan fingerprint density at radius 2 is 2.16 bits per heavy atom. The predicted molar refractivity (Wildman–Crippen MR) is 93.2 cm³/mol. The van der Waals surface area contributed by atoms with E-state index in [1.165, 1.54) is 6.92 Å². The quantitative estimate of drug-likeness (QED) is 0.570. The van der Waals surface area contributed by atoms with Crippen molar-refractivity contribution in [2.75, 3.05) is 27.2 Å². The van der Waals surface area contributed by atoms with Gasteiger partial charge in [-0.3, -0.25) is 14.5 Å². The van der Waals surface area contributed by atoms with Gasteiger partial charge in [0.1, 0.15) is 11.5 Å². The van der Waals surface area contributed by atoms with E-state index >= 15 is 0 Å². The highest BCUT2D eigenvalue weighted by atomic mass is 16.5. The Labute approximate surface area is 148 Å². The third-order valence-electron chi connectivity index (χ3n) is 5.22. The first-order chi connectivity index (χ1) is 12.0. The summed E-state index contributed by atoms with van der Waals surface area (Å²) in [5.41, 5.74) is 0.620. The van der Waals surface area contributed by atoms with E-state index < -0.39 is 0 Å². The molecule has 1 aromatic heterocycles. The van der Waals surface area contributed by atoms with Crippen LogP contribution in [0.3, 0.4) is 0 Å². The van der Waals surface area contributed by atoms with Crippen LogP contribution in [0.1, 0.15) is 36.1 Å². The average molecular weight is 346 g/mol.